The smallest absolute Gasteiger partial charge is 0.409 e. The Kier molecular flexibility index (Phi) is 10.5. The van der Waals surface area contributed by atoms with E-state index >= 15 is 0 Å². The highest BCUT2D eigenvalue weighted by atomic mass is 35.5. The summed E-state index contributed by atoms with van der Waals surface area (Å²) in [4.78, 5) is 26.2. The van der Waals surface area contributed by atoms with Crippen LogP contribution in [-0.4, -0.2) is 55.9 Å². The van der Waals surface area contributed by atoms with Crippen LogP contribution >= 0.6 is 23.2 Å². The predicted molar refractivity (Wildman–Crippen MR) is 142 cm³/mol. The molecule has 1 saturated heterocycles. The number of ether oxygens (including phenoxy) is 1. The molecule has 3 rings (SSSR count). The third-order valence-electron chi connectivity index (χ3n) is 6.12. The van der Waals surface area contributed by atoms with Gasteiger partial charge in [0.25, 0.3) is 0 Å². The van der Waals surface area contributed by atoms with E-state index in [-0.39, 0.29) is 18.0 Å². The Balaban J connectivity index is 1.50. The molecule has 2 aromatic rings. The fraction of sp³-hybridized carbons (Fsp3) is 0.462. The topological polar surface area (TPSA) is 82.7 Å². The maximum absolute atomic E-state index is 12.5. The number of anilines is 1. The second-order valence-corrected chi connectivity index (χ2v) is 9.68. The molecule has 3 N–H and O–H groups in total. The Morgan fingerprint density at radius 3 is 2.37 bits per heavy atom. The molecule has 1 unspecified atom stereocenters. The molecule has 1 fully saturated rings. The van der Waals surface area contributed by atoms with Crippen molar-refractivity contribution in [2.45, 2.75) is 45.1 Å². The van der Waals surface area contributed by atoms with Gasteiger partial charge in [-0.1, -0.05) is 53.0 Å². The largest absolute Gasteiger partial charge is 0.450 e. The number of hydrogen-bond acceptors (Lipinski definition) is 4. The number of urea groups is 1. The molecule has 1 atom stereocenters. The zero-order valence-corrected chi connectivity index (χ0v) is 21.8. The summed E-state index contributed by atoms with van der Waals surface area (Å²) in [5.74, 6) is 0.149. The molecule has 0 saturated carbocycles. The van der Waals surface area contributed by atoms with Gasteiger partial charge < -0.3 is 25.6 Å². The van der Waals surface area contributed by atoms with E-state index in [9.17, 15) is 9.59 Å². The molecular weight excluding hydrogens is 487 g/mol. The predicted octanol–water partition coefficient (Wildman–Crippen LogP) is 5.81. The SMILES string of the molecule is CCOC(=O)N1CCC(NCCC(CNC(=O)Nc2cc(Cl)cc(Cl)c2)c2ccc(C)cc2)CC1. The first-order valence-corrected chi connectivity index (χ1v) is 12.8. The van der Waals surface area contributed by atoms with Crippen molar-refractivity contribution in [1.29, 1.82) is 0 Å². The average molecular weight is 521 g/mol. The van der Waals surface area contributed by atoms with Crippen LogP contribution in [0.1, 0.15) is 43.2 Å². The van der Waals surface area contributed by atoms with Crippen molar-refractivity contribution in [3.05, 3.63) is 63.6 Å². The third kappa shape index (κ3) is 8.91. The van der Waals surface area contributed by atoms with Crippen molar-refractivity contribution in [3.8, 4) is 0 Å². The van der Waals surface area contributed by atoms with E-state index in [4.69, 9.17) is 27.9 Å². The minimum absolute atomic E-state index is 0.149. The van der Waals surface area contributed by atoms with Gasteiger partial charge in [-0.2, -0.15) is 0 Å². The lowest BCUT2D eigenvalue weighted by atomic mass is 9.94. The van der Waals surface area contributed by atoms with Gasteiger partial charge >= 0.3 is 12.1 Å². The van der Waals surface area contributed by atoms with Crippen LogP contribution in [0.15, 0.2) is 42.5 Å². The van der Waals surface area contributed by atoms with Gasteiger partial charge in [0.1, 0.15) is 0 Å². The lowest BCUT2D eigenvalue weighted by molar-refractivity contribution is 0.0951. The summed E-state index contributed by atoms with van der Waals surface area (Å²) in [6.07, 6.45) is 2.44. The number of benzene rings is 2. The molecule has 0 aliphatic carbocycles. The Bertz CT molecular complexity index is 959. The number of piperidine rings is 1. The second kappa shape index (κ2) is 13.6. The summed E-state index contributed by atoms with van der Waals surface area (Å²) >= 11 is 12.0. The van der Waals surface area contributed by atoms with Gasteiger partial charge in [-0.15, -0.1) is 0 Å². The van der Waals surface area contributed by atoms with E-state index in [2.05, 4.69) is 47.1 Å². The number of nitrogens with zero attached hydrogens (tertiary/aromatic N) is 1. The van der Waals surface area contributed by atoms with Gasteiger partial charge in [0.15, 0.2) is 0 Å². The number of carbonyl (C=O) groups is 2. The maximum Gasteiger partial charge on any atom is 0.409 e. The van der Waals surface area contributed by atoms with Crippen LogP contribution in [0.3, 0.4) is 0 Å². The summed E-state index contributed by atoms with van der Waals surface area (Å²) in [5.41, 5.74) is 2.92. The minimum Gasteiger partial charge on any atom is -0.450 e. The van der Waals surface area contributed by atoms with Crippen molar-refractivity contribution in [2.24, 2.45) is 0 Å². The highest BCUT2D eigenvalue weighted by molar-refractivity contribution is 6.35. The van der Waals surface area contributed by atoms with E-state index in [1.165, 1.54) is 11.1 Å². The Labute approximate surface area is 217 Å². The van der Waals surface area contributed by atoms with E-state index in [1.807, 2.05) is 6.92 Å². The highest BCUT2D eigenvalue weighted by Gasteiger charge is 2.23. The molecule has 1 heterocycles. The molecule has 0 bridgehead atoms. The second-order valence-electron chi connectivity index (χ2n) is 8.80. The zero-order valence-electron chi connectivity index (χ0n) is 20.3. The molecule has 2 aromatic carbocycles. The quantitative estimate of drug-likeness (QED) is 0.389. The molecule has 1 aliphatic heterocycles. The van der Waals surface area contributed by atoms with Crippen LogP contribution in [0.5, 0.6) is 0 Å². The molecule has 190 valence electrons. The monoisotopic (exact) mass is 520 g/mol. The molecule has 35 heavy (non-hydrogen) atoms. The van der Waals surface area contributed by atoms with Gasteiger partial charge in [0.05, 0.1) is 6.61 Å². The average Bonchev–Trinajstić information content (AvgIpc) is 2.82. The van der Waals surface area contributed by atoms with Crippen LogP contribution in [0.4, 0.5) is 15.3 Å². The number of nitrogens with one attached hydrogen (secondary N) is 3. The summed E-state index contributed by atoms with van der Waals surface area (Å²) in [6.45, 7) is 6.99. The summed E-state index contributed by atoms with van der Waals surface area (Å²) < 4.78 is 5.10. The lowest BCUT2D eigenvalue weighted by Crippen LogP contribution is -2.45. The van der Waals surface area contributed by atoms with Gasteiger partial charge in [-0.05, 0) is 63.4 Å². The van der Waals surface area contributed by atoms with Crippen LogP contribution in [0, 0.1) is 6.92 Å². The first-order valence-electron chi connectivity index (χ1n) is 12.1. The number of rotatable bonds is 9. The molecule has 0 spiro atoms. The summed E-state index contributed by atoms with van der Waals surface area (Å²) in [5, 5.41) is 10.3. The number of carbonyl (C=O) groups excluding carboxylic acids is 2. The lowest BCUT2D eigenvalue weighted by Gasteiger charge is -2.32. The van der Waals surface area contributed by atoms with Crippen LogP contribution < -0.4 is 16.0 Å². The third-order valence-corrected chi connectivity index (χ3v) is 6.56. The first-order chi connectivity index (χ1) is 16.8. The van der Waals surface area contributed by atoms with Crippen LogP contribution in [0.2, 0.25) is 10.0 Å². The number of aryl methyl sites for hydroxylation is 1. The normalized spacial score (nSPS) is 14.9. The van der Waals surface area contributed by atoms with Gasteiger partial charge in [0.2, 0.25) is 0 Å². The standard InChI is InChI=1S/C26H34Cl2N4O3/c1-3-35-26(34)32-12-9-23(10-13-32)29-11-8-20(19-6-4-18(2)5-7-19)17-30-25(33)31-24-15-21(27)14-22(28)16-24/h4-7,14-16,20,23,29H,3,8-13,17H2,1-2H3,(H2,30,31,33). The van der Waals surface area contributed by atoms with Crippen molar-refractivity contribution in [1.82, 2.24) is 15.5 Å². The van der Waals surface area contributed by atoms with E-state index in [1.54, 1.807) is 23.1 Å². The van der Waals surface area contributed by atoms with Crippen LogP contribution in [0.25, 0.3) is 0 Å². The minimum atomic E-state index is -0.306. The number of hydrogen-bond donors (Lipinski definition) is 3. The number of amides is 3. The fourth-order valence-electron chi connectivity index (χ4n) is 4.19. The molecule has 0 aromatic heterocycles. The van der Waals surface area contributed by atoms with Gasteiger partial charge in [-0.3, -0.25) is 0 Å². The zero-order chi connectivity index (χ0) is 25.2. The van der Waals surface area contributed by atoms with Crippen LogP contribution in [-0.2, 0) is 4.74 Å². The van der Waals surface area contributed by atoms with E-state index in [0.29, 0.717) is 48.0 Å². The molecule has 7 nitrogen and oxygen atoms in total. The number of likely N-dealkylation sites (tertiary alicyclic amines) is 1. The molecule has 9 heteroatoms. The Hall–Kier alpha value is -2.48. The number of halogens is 2. The van der Waals surface area contributed by atoms with Crippen molar-refractivity contribution in [3.63, 3.8) is 0 Å². The first kappa shape index (κ1) is 27.1. The summed E-state index contributed by atoms with van der Waals surface area (Å²) in [7, 11) is 0. The molecular formula is C26H34Cl2N4O3. The van der Waals surface area contributed by atoms with Crippen molar-refractivity contribution in [2.75, 3.05) is 38.1 Å². The highest BCUT2D eigenvalue weighted by Crippen LogP contribution is 2.23. The van der Waals surface area contributed by atoms with Crippen molar-refractivity contribution < 1.29 is 14.3 Å². The van der Waals surface area contributed by atoms with Gasteiger partial charge in [0, 0.05) is 47.3 Å². The maximum atomic E-state index is 12.5. The van der Waals surface area contributed by atoms with Crippen molar-refractivity contribution >= 4 is 41.0 Å². The summed E-state index contributed by atoms with van der Waals surface area (Å²) in [6, 6.07) is 13.4. The fourth-order valence-corrected chi connectivity index (χ4v) is 4.71. The molecule has 1 aliphatic rings. The Morgan fingerprint density at radius 1 is 1.09 bits per heavy atom. The molecule has 0 radical (unpaired) electrons. The Morgan fingerprint density at radius 2 is 1.74 bits per heavy atom. The van der Waals surface area contributed by atoms with E-state index in [0.717, 1.165) is 25.8 Å². The molecule has 3 amide bonds. The van der Waals surface area contributed by atoms with E-state index < -0.39 is 0 Å². The van der Waals surface area contributed by atoms with Gasteiger partial charge in [-0.25, -0.2) is 9.59 Å².